The van der Waals surface area contributed by atoms with E-state index in [9.17, 15) is 4.79 Å². The molecular weight excluding hydrogens is 276 g/mol. The van der Waals surface area contributed by atoms with Gasteiger partial charge in [-0.1, -0.05) is 6.92 Å². The summed E-state index contributed by atoms with van der Waals surface area (Å²) < 4.78 is 4.03. The fraction of sp³-hybridized carbons (Fsp3) is 0.692. The summed E-state index contributed by atoms with van der Waals surface area (Å²) in [5.74, 6) is 0.365. The highest BCUT2D eigenvalue weighted by atomic mass is 32.1. The van der Waals surface area contributed by atoms with E-state index in [0.717, 1.165) is 19.4 Å². The standard InChI is InChI=1S/C13H24N4O2S/c1-8(2)16-12(19)10-11(14)17-20-13(10)15-6-4-5-9(3)7-18/h8-9,15,18H,4-7H2,1-3H3,(H2,14,17)(H,16,19). The van der Waals surface area contributed by atoms with Crippen molar-refractivity contribution >= 4 is 28.3 Å². The van der Waals surface area contributed by atoms with Crippen LogP contribution in [0.3, 0.4) is 0 Å². The highest BCUT2D eigenvalue weighted by molar-refractivity contribution is 7.11. The molecule has 1 aromatic heterocycles. The van der Waals surface area contributed by atoms with Crippen LogP contribution < -0.4 is 16.4 Å². The molecule has 0 saturated heterocycles. The number of carbonyl (C=O) groups is 1. The van der Waals surface area contributed by atoms with Crippen molar-refractivity contribution in [2.24, 2.45) is 5.92 Å². The molecule has 1 aromatic rings. The third-order valence-electron chi connectivity index (χ3n) is 2.84. The quantitative estimate of drug-likeness (QED) is 0.547. The van der Waals surface area contributed by atoms with Gasteiger partial charge in [0, 0.05) is 19.2 Å². The van der Waals surface area contributed by atoms with Crippen LogP contribution >= 0.6 is 11.5 Å². The molecular formula is C13H24N4O2S. The zero-order chi connectivity index (χ0) is 15.1. The van der Waals surface area contributed by atoms with Crippen LogP contribution in [-0.4, -0.2) is 34.6 Å². The predicted molar refractivity (Wildman–Crippen MR) is 83.1 cm³/mol. The molecule has 0 fully saturated rings. The van der Waals surface area contributed by atoms with E-state index in [0.29, 0.717) is 16.5 Å². The maximum absolute atomic E-state index is 12.0. The van der Waals surface area contributed by atoms with Crippen LogP contribution in [-0.2, 0) is 0 Å². The first kappa shape index (κ1) is 16.7. The van der Waals surface area contributed by atoms with Gasteiger partial charge in [-0.3, -0.25) is 4.79 Å². The summed E-state index contributed by atoms with van der Waals surface area (Å²) in [4.78, 5) is 12.0. The summed E-state index contributed by atoms with van der Waals surface area (Å²) in [7, 11) is 0. The van der Waals surface area contributed by atoms with Crippen molar-refractivity contribution < 1.29 is 9.90 Å². The molecule has 5 N–H and O–H groups in total. The number of rotatable bonds is 8. The van der Waals surface area contributed by atoms with E-state index < -0.39 is 0 Å². The first-order chi connectivity index (χ1) is 9.45. The van der Waals surface area contributed by atoms with Gasteiger partial charge in [0.1, 0.15) is 10.6 Å². The van der Waals surface area contributed by atoms with Gasteiger partial charge in [0.2, 0.25) is 0 Å². The van der Waals surface area contributed by atoms with Crippen LogP contribution in [0.4, 0.5) is 10.8 Å². The zero-order valence-corrected chi connectivity index (χ0v) is 13.1. The van der Waals surface area contributed by atoms with Gasteiger partial charge in [-0.05, 0) is 44.1 Å². The summed E-state index contributed by atoms with van der Waals surface area (Å²) in [5, 5.41) is 15.7. The number of hydrogen-bond donors (Lipinski definition) is 4. The Morgan fingerprint density at radius 3 is 2.75 bits per heavy atom. The summed E-state index contributed by atoms with van der Waals surface area (Å²) in [5.41, 5.74) is 6.19. The number of hydrogen-bond acceptors (Lipinski definition) is 6. The molecule has 1 amide bonds. The van der Waals surface area contributed by atoms with E-state index in [2.05, 4.69) is 15.0 Å². The third kappa shape index (κ3) is 4.97. The van der Waals surface area contributed by atoms with Crippen LogP contribution in [0.5, 0.6) is 0 Å². The van der Waals surface area contributed by atoms with Crippen molar-refractivity contribution in [3.05, 3.63) is 5.56 Å². The summed E-state index contributed by atoms with van der Waals surface area (Å²) in [6.07, 6.45) is 1.86. The van der Waals surface area contributed by atoms with Crippen LogP contribution in [0.2, 0.25) is 0 Å². The molecule has 1 unspecified atom stereocenters. The first-order valence-electron chi connectivity index (χ1n) is 6.86. The SMILES string of the molecule is CC(CO)CCCNc1snc(N)c1C(=O)NC(C)C. The molecule has 20 heavy (non-hydrogen) atoms. The van der Waals surface area contributed by atoms with Crippen molar-refractivity contribution in [2.75, 3.05) is 24.2 Å². The highest BCUT2D eigenvalue weighted by Gasteiger charge is 2.19. The average molecular weight is 300 g/mol. The Bertz CT molecular complexity index is 434. The number of nitrogens with two attached hydrogens (primary N) is 1. The van der Waals surface area contributed by atoms with Gasteiger partial charge in [0.15, 0.2) is 5.82 Å². The normalized spacial score (nSPS) is 12.4. The van der Waals surface area contributed by atoms with Crippen LogP contribution in [0, 0.1) is 5.92 Å². The molecule has 0 bridgehead atoms. The van der Waals surface area contributed by atoms with Gasteiger partial charge in [0.05, 0.1) is 0 Å². The number of nitrogens with one attached hydrogen (secondary N) is 2. The second kappa shape index (κ2) is 8.06. The smallest absolute Gasteiger partial charge is 0.258 e. The molecule has 0 aromatic carbocycles. The number of aliphatic hydroxyl groups excluding tert-OH is 1. The van der Waals surface area contributed by atoms with Crippen molar-refractivity contribution in [2.45, 2.75) is 39.7 Å². The molecule has 0 saturated carbocycles. The monoisotopic (exact) mass is 300 g/mol. The minimum Gasteiger partial charge on any atom is -0.396 e. The predicted octanol–water partition coefficient (Wildman–Crippen LogP) is 1.68. The highest BCUT2D eigenvalue weighted by Crippen LogP contribution is 2.26. The van der Waals surface area contributed by atoms with Gasteiger partial charge in [-0.15, -0.1) is 0 Å². The summed E-state index contributed by atoms with van der Waals surface area (Å²) in [6, 6.07) is 0.0556. The fourth-order valence-corrected chi connectivity index (χ4v) is 2.46. The van der Waals surface area contributed by atoms with E-state index >= 15 is 0 Å². The fourth-order valence-electron chi connectivity index (χ4n) is 1.72. The number of aliphatic hydroxyl groups is 1. The van der Waals surface area contributed by atoms with Gasteiger partial charge in [0.25, 0.3) is 5.91 Å². The molecule has 1 heterocycles. The van der Waals surface area contributed by atoms with Gasteiger partial charge < -0.3 is 21.5 Å². The van der Waals surface area contributed by atoms with E-state index in [1.54, 1.807) is 0 Å². The van der Waals surface area contributed by atoms with Gasteiger partial charge in [-0.25, -0.2) is 0 Å². The van der Waals surface area contributed by atoms with E-state index in [-0.39, 0.29) is 24.4 Å². The molecule has 1 atom stereocenters. The maximum Gasteiger partial charge on any atom is 0.258 e. The Hall–Kier alpha value is -1.34. The average Bonchev–Trinajstić information content (AvgIpc) is 2.74. The molecule has 114 valence electrons. The summed E-state index contributed by atoms with van der Waals surface area (Å²) >= 11 is 1.20. The van der Waals surface area contributed by atoms with Crippen LogP contribution in [0.25, 0.3) is 0 Å². The number of aromatic nitrogens is 1. The molecule has 0 radical (unpaired) electrons. The Balaban J connectivity index is 2.56. The lowest BCUT2D eigenvalue weighted by molar-refractivity contribution is 0.0945. The largest absolute Gasteiger partial charge is 0.396 e. The lowest BCUT2D eigenvalue weighted by atomic mass is 10.1. The number of nitrogen functional groups attached to an aromatic ring is 1. The number of amides is 1. The number of nitrogens with zero attached hydrogens (tertiary/aromatic N) is 1. The maximum atomic E-state index is 12.0. The minimum absolute atomic E-state index is 0.0556. The number of anilines is 2. The van der Waals surface area contributed by atoms with Gasteiger partial charge in [-0.2, -0.15) is 4.37 Å². The van der Waals surface area contributed by atoms with Gasteiger partial charge >= 0.3 is 0 Å². The molecule has 0 aliphatic heterocycles. The molecule has 1 rings (SSSR count). The molecule has 0 spiro atoms. The van der Waals surface area contributed by atoms with Crippen molar-refractivity contribution in [3.8, 4) is 0 Å². The topological polar surface area (TPSA) is 100 Å². The Morgan fingerprint density at radius 2 is 2.15 bits per heavy atom. The lowest BCUT2D eigenvalue weighted by Crippen LogP contribution is -2.30. The van der Waals surface area contributed by atoms with Crippen LogP contribution in [0.15, 0.2) is 0 Å². The molecule has 0 aliphatic rings. The first-order valence-corrected chi connectivity index (χ1v) is 7.63. The van der Waals surface area contributed by atoms with Crippen LogP contribution in [0.1, 0.15) is 44.0 Å². The lowest BCUT2D eigenvalue weighted by Gasteiger charge is -2.11. The Labute approximate surface area is 123 Å². The van der Waals surface area contributed by atoms with E-state index in [1.165, 1.54) is 11.5 Å². The van der Waals surface area contributed by atoms with E-state index in [4.69, 9.17) is 10.8 Å². The second-order valence-electron chi connectivity index (χ2n) is 5.26. The molecule has 0 aliphatic carbocycles. The number of carbonyl (C=O) groups excluding carboxylic acids is 1. The Morgan fingerprint density at radius 1 is 1.45 bits per heavy atom. The van der Waals surface area contributed by atoms with Crippen molar-refractivity contribution in [3.63, 3.8) is 0 Å². The minimum atomic E-state index is -0.197. The zero-order valence-electron chi connectivity index (χ0n) is 12.3. The Kier molecular flexibility index (Phi) is 6.74. The molecule has 6 nitrogen and oxygen atoms in total. The summed E-state index contributed by atoms with van der Waals surface area (Å²) in [6.45, 7) is 6.74. The van der Waals surface area contributed by atoms with Crippen molar-refractivity contribution in [1.82, 2.24) is 9.69 Å². The van der Waals surface area contributed by atoms with Crippen molar-refractivity contribution in [1.29, 1.82) is 0 Å². The third-order valence-corrected chi connectivity index (χ3v) is 3.66. The van der Waals surface area contributed by atoms with E-state index in [1.807, 2.05) is 20.8 Å². The molecule has 7 heteroatoms. The second-order valence-corrected chi connectivity index (χ2v) is 6.03.